The molecule has 0 radical (unpaired) electrons. The topological polar surface area (TPSA) is 87.0 Å². The van der Waals surface area contributed by atoms with Crippen LogP contribution in [0.3, 0.4) is 0 Å². The highest BCUT2D eigenvalue weighted by molar-refractivity contribution is 5.69. The van der Waals surface area contributed by atoms with E-state index in [0.717, 1.165) is 49.7 Å². The van der Waals surface area contributed by atoms with E-state index in [0.29, 0.717) is 25.2 Å². The van der Waals surface area contributed by atoms with Crippen LogP contribution in [0.5, 0.6) is 17.2 Å². The van der Waals surface area contributed by atoms with E-state index < -0.39 is 30.4 Å². The van der Waals surface area contributed by atoms with Crippen LogP contribution in [0.15, 0.2) is 42.5 Å². The number of aliphatic carboxylic acids is 1. The summed E-state index contributed by atoms with van der Waals surface area (Å²) < 4.78 is 69.0. The number of rotatable bonds is 16. The van der Waals surface area contributed by atoms with E-state index in [4.69, 9.17) is 4.74 Å². The number of benzene rings is 2. The number of phenolic OH excluding ortho intramolecular Hbond substituents is 2. The molecule has 3 N–H and O–H groups in total. The Morgan fingerprint density at radius 3 is 2.07 bits per heavy atom. The first kappa shape index (κ1) is 33.5. The van der Waals surface area contributed by atoms with Crippen LogP contribution in [-0.2, 0) is 10.2 Å². The molecule has 10 heteroatoms. The fourth-order valence-corrected chi connectivity index (χ4v) is 5.93. The molecule has 0 amide bonds. The van der Waals surface area contributed by atoms with Crippen LogP contribution in [0.4, 0.5) is 22.0 Å². The summed E-state index contributed by atoms with van der Waals surface area (Å²) in [5, 5.41) is 29.1. The Labute approximate surface area is 243 Å². The van der Waals surface area contributed by atoms with Crippen LogP contribution in [0.25, 0.3) is 0 Å². The van der Waals surface area contributed by atoms with Crippen LogP contribution in [0.1, 0.15) is 101 Å². The van der Waals surface area contributed by atoms with Gasteiger partial charge in [-0.15, -0.1) is 0 Å². The molecule has 234 valence electrons. The lowest BCUT2D eigenvalue weighted by Gasteiger charge is -2.43. The molecule has 1 aliphatic rings. The highest BCUT2D eigenvalue weighted by Crippen LogP contribution is 2.50. The van der Waals surface area contributed by atoms with E-state index in [-0.39, 0.29) is 42.1 Å². The number of fused-ring (bicyclic) bond motifs is 1. The Hall–Kier alpha value is -3.04. The zero-order chi connectivity index (χ0) is 31.0. The van der Waals surface area contributed by atoms with Crippen molar-refractivity contribution in [2.24, 2.45) is 5.92 Å². The molecule has 0 aliphatic carbocycles. The average Bonchev–Trinajstić information content (AvgIpc) is 2.91. The SMILES string of the molecule is C[C@]1(c2ccc(O)cc2)COc2cc(O)ccc2[C@H]1CCCCCCCCC(CCCCC(F)(F)C(F)(F)F)C(=O)O. The first-order chi connectivity index (χ1) is 19.7. The predicted molar refractivity (Wildman–Crippen MR) is 149 cm³/mol. The number of aromatic hydroxyl groups is 2. The number of hydrogen-bond donors (Lipinski definition) is 3. The largest absolute Gasteiger partial charge is 0.508 e. The maximum Gasteiger partial charge on any atom is 0.453 e. The van der Waals surface area contributed by atoms with E-state index in [2.05, 4.69) is 6.92 Å². The second-order valence-electron chi connectivity index (χ2n) is 11.7. The van der Waals surface area contributed by atoms with Gasteiger partial charge in [-0.2, -0.15) is 22.0 Å². The Bertz CT molecular complexity index is 1150. The van der Waals surface area contributed by atoms with Crippen LogP contribution in [-0.4, -0.2) is 40.0 Å². The van der Waals surface area contributed by atoms with E-state index >= 15 is 0 Å². The van der Waals surface area contributed by atoms with Crippen LogP contribution in [0.2, 0.25) is 0 Å². The summed E-state index contributed by atoms with van der Waals surface area (Å²) in [5.41, 5.74) is 1.77. The number of carbonyl (C=O) groups is 1. The number of phenols is 2. The lowest BCUT2D eigenvalue weighted by Crippen LogP contribution is -2.40. The molecule has 3 atom stereocenters. The van der Waals surface area contributed by atoms with Crippen molar-refractivity contribution < 1.29 is 46.8 Å². The van der Waals surface area contributed by atoms with Crippen molar-refractivity contribution in [1.82, 2.24) is 0 Å². The van der Waals surface area contributed by atoms with Gasteiger partial charge in [-0.05, 0) is 55.0 Å². The average molecular weight is 601 g/mol. The lowest BCUT2D eigenvalue weighted by atomic mass is 9.66. The Morgan fingerprint density at radius 2 is 1.45 bits per heavy atom. The van der Waals surface area contributed by atoms with Crippen molar-refractivity contribution in [3.05, 3.63) is 53.6 Å². The fourth-order valence-electron chi connectivity index (χ4n) is 5.93. The third kappa shape index (κ3) is 8.74. The van der Waals surface area contributed by atoms with Gasteiger partial charge in [0.15, 0.2) is 0 Å². The first-order valence-electron chi connectivity index (χ1n) is 14.7. The van der Waals surface area contributed by atoms with Crippen molar-refractivity contribution in [2.45, 2.75) is 107 Å². The Kier molecular flexibility index (Phi) is 11.5. The van der Waals surface area contributed by atoms with Crippen molar-refractivity contribution in [1.29, 1.82) is 0 Å². The molecule has 0 fully saturated rings. The number of hydrogen-bond acceptors (Lipinski definition) is 4. The molecule has 5 nitrogen and oxygen atoms in total. The molecule has 0 bridgehead atoms. The maximum atomic E-state index is 13.0. The molecule has 3 rings (SSSR count). The Morgan fingerprint density at radius 1 is 0.881 bits per heavy atom. The molecule has 0 saturated carbocycles. The van der Waals surface area contributed by atoms with Gasteiger partial charge in [-0.1, -0.05) is 70.1 Å². The molecular formula is C32H41F5O5. The van der Waals surface area contributed by atoms with E-state index in [9.17, 15) is 42.1 Å². The van der Waals surface area contributed by atoms with Gasteiger partial charge in [0, 0.05) is 23.8 Å². The second-order valence-corrected chi connectivity index (χ2v) is 11.7. The lowest BCUT2D eigenvalue weighted by molar-refractivity contribution is -0.284. The van der Waals surface area contributed by atoms with Gasteiger partial charge in [0.25, 0.3) is 0 Å². The van der Waals surface area contributed by atoms with Crippen molar-refractivity contribution in [2.75, 3.05) is 6.61 Å². The quantitative estimate of drug-likeness (QED) is 0.132. The van der Waals surface area contributed by atoms with Crippen molar-refractivity contribution in [3.8, 4) is 17.2 Å². The molecule has 0 saturated heterocycles. The molecule has 2 aromatic carbocycles. The number of carboxylic acid groups (broad SMARTS) is 1. The molecule has 42 heavy (non-hydrogen) atoms. The normalized spacial score (nSPS) is 19.6. The van der Waals surface area contributed by atoms with Gasteiger partial charge in [-0.25, -0.2) is 0 Å². The van der Waals surface area contributed by atoms with Crippen molar-refractivity contribution >= 4 is 5.97 Å². The maximum absolute atomic E-state index is 13.0. The molecular weight excluding hydrogens is 559 g/mol. The third-order valence-corrected chi connectivity index (χ3v) is 8.55. The summed E-state index contributed by atoms with van der Waals surface area (Å²) in [6.07, 6.45) is -0.603. The molecule has 1 aliphatic heterocycles. The minimum absolute atomic E-state index is 0.0145. The summed E-state index contributed by atoms with van der Waals surface area (Å²) in [6.45, 7) is 2.59. The van der Waals surface area contributed by atoms with E-state index in [1.165, 1.54) is 0 Å². The van der Waals surface area contributed by atoms with Gasteiger partial charge < -0.3 is 20.1 Å². The molecule has 1 unspecified atom stereocenters. The zero-order valence-electron chi connectivity index (χ0n) is 23.9. The van der Waals surface area contributed by atoms with Crippen LogP contribution < -0.4 is 4.74 Å². The number of unbranched alkanes of at least 4 members (excludes halogenated alkanes) is 6. The number of carboxylic acids is 1. The first-order valence-corrected chi connectivity index (χ1v) is 14.7. The monoisotopic (exact) mass is 600 g/mol. The minimum Gasteiger partial charge on any atom is -0.508 e. The minimum atomic E-state index is -5.58. The standard InChI is InChI=1S/C32H41F5O5/c1-30(23-13-15-24(38)16-14-23)21-42-28-20-25(39)17-18-26(28)27(30)12-7-5-3-2-4-6-10-22(29(40)41)11-8-9-19-31(33,34)32(35,36)37/h13-18,20,22,27,38-39H,2-12,19,21H2,1H3,(H,40,41)/t22?,27-,30-/m1/s1. The summed E-state index contributed by atoms with van der Waals surface area (Å²) in [6, 6.07) is 12.4. The Balaban J connectivity index is 1.42. The summed E-state index contributed by atoms with van der Waals surface area (Å²) in [5.74, 6) is -5.37. The van der Waals surface area contributed by atoms with E-state index in [1.54, 1.807) is 24.3 Å². The zero-order valence-corrected chi connectivity index (χ0v) is 23.9. The van der Waals surface area contributed by atoms with Gasteiger partial charge in [0.05, 0.1) is 12.5 Å². The molecule has 0 spiro atoms. The highest BCUT2D eigenvalue weighted by Gasteiger charge is 2.56. The smallest absolute Gasteiger partial charge is 0.453 e. The summed E-state index contributed by atoms with van der Waals surface area (Å²) >= 11 is 0. The van der Waals surface area contributed by atoms with Crippen LogP contribution >= 0.6 is 0 Å². The number of ether oxygens (including phenoxy) is 1. The molecule has 2 aromatic rings. The molecule has 1 heterocycles. The number of halogens is 5. The predicted octanol–water partition coefficient (Wildman–Crippen LogP) is 9.11. The fraction of sp³-hybridized carbons (Fsp3) is 0.594. The van der Waals surface area contributed by atoms with Gasteiger partial charge in [0.1, 0.15) is 17.2 Å². The summed E-state index contributed by atoms with van der Waals surface area (Å²) in [4.78, 5) is 11.5. The second kappa shape index (κ2) is 14.4. The van der Waals surface area contributed by atoms with Gasteiger partial charge >= 0.3 is 18.1 Å². The summed E-state index contributed by atoms with van der Waals surface area (Å²) in [7, 11) is 0. The third-order valence-electron chi connectivity index (χ3n) is 8.55. The van der Waals surface area contributed by atoms with E-state index in [1.807, 2.05) is 18.2 Å². The molecule has 0 aromatic heterocycles. The highest BCUT2D eigenvalue weighted by atomic mass is 19.4. The van der Waals surface area contributed by atoms with Gasteiger partial charge in [-0.3, -0.25) is 4.79 Å². The van der Waals surface area contributed by atoms with Crippen molar-refractivity contribution in [3.63, 3.8) is 0 Å². The van der Waals surface area contributed by atoms with Crippen LogP contribution in [0, 0.1) is 5.92 Å². The number of alkyl halides is 5. The van der Waals surface area contributed by atoms with Gasteiger partial charge in [0.2, 0.25) is 0 Å².